The first-order valence-electron chi connectivity index (χ1n) is 5.42. The smallest absolute Gasteiger partial charge is 0.0813 e. The predicted molar refractivity (Wildman–Crippen MR) is 70.2 cm³/mol. The Morgan fingerprint density at radius 1 is 1.35 bits per heavy atom. The Balaban J connectivity index is 1.84. The van der Waals surface area contributed by atoms with E-state index in [1.54, 1.807) is 17.5 Å². The van der Waals surface area contributed by atoms with Crippen LogP contribution in [-0.2, 0) is 0 Å². The molecule has 1 atom stereocenters. The lowest BCUT2D eigenvalue weighted by Crippen LogP contribution is -2.06. The summed E-state index contributed by atoms with van der Waals surface area (Å²) in [5.74, 6) is 0. The average Bonchev–Trinajstić information content (AvgIpc) is 2.99. The van der Waals surface area contributed by atoms with E-state index in [1.807, 2.05) is 17.6 Å². The molecule has 0 bridgehead atoms. The minimum absolute atomic E-state index is 0.211. The van der Waals surface area contributed by atoms with Gasteiger partial charge in [-0.25, -0.2) is 4.98 Å². The third kappa shape index (κ3) is 2.01. The van der Waals surface area contributed by atoms with Crippen LogP contribution in [0.5, 0.6) is 0 Å². The first-order valence-corrected chi connectivity index (χ1v) is 6.30. The van der Waals surface area contributed by atoms with E-state index in [0.29, 0.717) is 0 Å². The van der Waals surface area contributed by atoms with Gasteiger partial charge in [-0.05, 0) is 31.2 Å². The summed E-state index contributed by atoms with van der Waals surface area (Å²) < 4.78 is 1.20. The Kier molecular flexibility index (Phi) is 2.53. The summed E-state index contributed by atoms with van der Waals surface area (Å²) in [6, 6.07) is 8.40. The normalized spacial score (nSPS) is 12.8. The van der Waals surface area contributed by atoms with Crippen LogP contribution in [0.3, 0.4) is 0 Å². The number of H-pyrrole nitrogens is 1. The molecule has 1 aromatic carbocycles. The van der Waals surface area contributed by atoms with Crippen LogP contribution in [0.4, 0.5) is 5.69 Å². The number of hydrogen-bond donors (Lipinski definition) is 2. The van der Waals surface area contributed by atoms with Gasteiger partial charge in [-0.15, -0.1) is 11.3 Å². The molecule has 0 radical (unpaired) electrons. The molecule has 0 saturated carbocycles. The summed E-state index contributed by atoms with van der Waals surface area (Å²) in [5.41, 5.74) is 5.10. The van der Waals surface area contributed by atoms with Crippen LogP contribution in [0.2, 0.25) is 0 Å². The van der Waals surface area contributed by atoms with Gasteiger partial charge < -0.3 is 5.32 Å². The minimum Gasteiger partial charge on any atom is -0.377 e. The Morgan fingerprint density at radius 2 is 2.29 bits per heavy atom. The molecule has 4 nitrogen and oxygen atoms in total. The highest BCUT2D eigenvalue weighted by molar-refractivity contribution is 7.16. The Hall–Kier alpha value is -1.88. The zero-order valence-corrected chi connectivity index (χ0v) is 10.2. The average molecular weight is 244 g/mol. The van der Waals surface area contributed by atoms with E-state index in [2.05, 4.69) is 39.6 Å². The maximum absolute atomic E-state index is 4.26. The van der Waals surface area contributed by atoms with Gasteiger partial charge in [0.2, 0.25) is 0 Å². The maximum atomic E-state index is 4.26. The van der Waals surface area contributed by atoms with Crippen LogP contribution in [0, 0.1) is 0 Å². The molecule has 2 aromatic heterocycles. The molecule has 86 valence electrons. The number of aromatic amines is 1. The zero-order valence-electron chi connectivity index (χ0n) is 9.34. The SMILES string of the molecule is CC(Nc1ccc2ncsc2c1)c1ccn[nH]1. The van der Waals surface area contributed by atoms with Crippen LogP contribution in [0.25, 0.3) is 10.2 Å². The number of benzene rings is 1. The molecule has 0 fully saturated rings. The lowest BCUT2D eigenvalue weighted by Gasteiger charge is -2.13. The van der Waals surface area contributed by atoms with Gasteiger partial charge >= 0.3 is 0 Å². The highest BCUT2D eigenvalue weighted by Crippen LogP contribution is 2.24. The molecular formula is C12H12N4S. The number of anilines is 1. The summed E-state index contributed by atoms with van der Waals surface area (Å²) >= 11 is 1.65. The molecule has 0 aliphatic heterocycles. The number of rotatable bonds is 3. The third-order valence-electron chi connectivity index (χ3n) is 2.70. The van der Waals surface area contributed by atoms with Gasteiger partial charge in [0, 0.05) is 11.9 Å². The monoisotopic (exact) mass is 244 g/mol. The lowest BCUT2D eigenvalue weighted by molar-refractivity contribution is 0.826. The number of hydrogen-bond acceptors (Lipinski definition) is 4. The van der Waals surface area contributed by atoms with Crippen molar-refractivity contribution in [3.63, 3.8) is 0 Å². The molecule has 2 N–H and O–H groups in total. The summed E-state index contributed by atoms with van der Waals surface area (Å²) in [6.45, 7) is 2.10. The van der Waals surface area contributed by atoms with Gasteiger partial charge in [-0.3, -0.25) is 5.10 Å². The van der Waals surface area contributed by atoms with Gasteiger partial charge in [0.25, 0.3) is 0 Å². The van der Waals surface area contributed by atoms with Crippen molar-refractivity contribution >= 4 is 27.2 Å². The summed E-state index contributed by atoms with van der Waals surface area (Å²) in [5, 5.41) is 10.4. The minimum atomic E-state index is 0.211. The largest absolute Gasteiger partial charge is 0.377 e. The van der Waals surface area contributed by atoms with Crippen molar-refractivity contribution in [2.75, 3.05) is 5.32 Å². The number of fused-ring (bicyclic) bond motifs is 1. The van der Waals surface area contributed by atoms with Crippen molar-refractivity contribution in [3.8, 4) is 0 Å². The van der Waals surface area contributed by atoms with Crippen LogP contribution in [0.1, 0.15) is 18.7 Å². The van der Waals surface area contributed by atoms with Crippen LogP contribution in [-0.4, -0.2) is 15.2 Å². The van der Waals surface area contributed by atoms with E-state index in [-0.39, 0.29) is 6.04 Å². The van der Waals surface area contributed by atoms with Crippen molar-refractivity contribution in [1.82, 2.24) is 15.2 Å². The van der Waals surface area contributed by atoms with E-state index in [0.717, 1.165) is 16.9 Å². The highest BCUT2D eigenvalue weighted by atomic mass is 32.1. The second-order valence-electron chi connectivity index (χ2n) is 3.91. The van der Waals surface area contributed by atoms with Crippen LogP contribution < -0.4 is 5.32 Å². The number of thiazole rings is 1. The van der Waals surface area contributed by atoms with Crippen molar-refractivity contribution in [1.29, 1.82) is 0 Å². The molecule has 0 saturated heterocycles. The fraction of sp³-hybridized carbons (Fsp3) is 0.167. The van der Waals surface area contributed by atoms with E-state index in [4.69, 9.17) is 0 Å². The van der Waals surface area contributed by atoms with Gasteiger partial charge in [0.1, 0.15) is 0 Å². The van der Waals surface area contributed by atoms with E-state index >= 15 is 0 Å². The van der Waals surface area contributed by atoms with E-state index in [9.17, 15) is 0 Å². The summed E-state index contributed by atoms with van der Waals surface area (Å²) in [4.78, 5) is 4.26. The van der Waals surface area contributed by atoms with Gasteiger partial charge in [0.05, 0.1) is 27.5 Å². The summed E-state index contributed by atoms with van der Waals surface area (Å²) in [7, 11) is 0. The predicted octanol–water partition coefficient (Wildman–Crippen LogP) is 3.19. The molecule has 2 heterocycles. The number of nitrogens with zero attached hydrogens (tertiary/aromatic N) is 2. The van der Waals surface area contributed by atoms with Crippen molar-refractivity contribution < 1.29 is 0 Å². The van der Waals surface area contributed by atoms with Crippen molar-refractivity contribution in [2.45, 2.75) is 13.0 Å². The second kappa shape index (κ2) is 4.18. The Morgan fingerprint density at radius 3 is 3.12 bits per heavy atom. The summed E-state index contributed by atoms with van der Waals surface area (Å²) in [6.07, 6.45) is 1.76. The molecule has 0 aliphatic rings. The quantitative estimate of drug-likeness (QED) is 0.744. The molecule has 0 amide bonds. The number of nitrogens with one attached hydrogen (secondary N) is 2. The standard InChI is InChI=1S/C12H12N4S/c1-8(10-4-5-14-16-10)15-9-2-3-11-12(6-9)17-7-13-11/h2-8,15H,1H3,(H,14,16). The van der Waals surface area contributed by atoms with Gasteiger partial charge in [-0.1, -0.05) is 0 Å². The fourth-order valence-electron chi connectivity index (χ4n) is 1.78. The van der Waals surface area contributed by atoms with E-state index in [1.165, 1.54) is 4.70 Å². The highest BCUT2D eigenvalue weighted by Gasteiger charge is 2.06. The first kappa shape index (κ1) is 10.3. The first-order chi connectivity index (χ1) is 8.33. The maximum Gasteiger partial charge on any atom is 0.0813 e. The molecule has 3 rings (SSSR count). The van der Waals surface area contributed by atoms with E-state index < -0.39 is 0 Å². The Labute approximate surface area is 103 Å². The molecule has 0 aliphatic carbocycles. The molecule has 5 heteroatoms. The van der Waals surface area contributed by atoms with Crippen LogP contribution >= 0.6 is 11.3 Å². The molecule has 0 spiro atoms. The molecule has 17 heavy (non-hydrogen) atoms. The molecule has 1 unspecified atom stereocenters. The van der Waals surface area contributed by atoms with Crippen LogP contribution in [0.15, 0.2) is 36.0 Å². The third-order valence-corrected chi connectivity index (χ3v) is 3.49. The zero-order chi connectivity index (χ0) is 11.7. The Bertz CT molecular complexity index is 614. The lowest BCUT2D eigenvalue weighted by atomic mass is 10.2. The van der Waals surface area contributed by atoms with Gasteiger partial charge in [0.15, 0.2) is 0 Å². The van der Waals surface area contributed by atoms with Gasteiger partial charge in [-0.2, -0.15) is 5.10 Å². The molecular weight excluding hydrogens is 232 g/mol. The van der Waals surface area contributed by atoms with Crippen molar-refractivity contribution in [3.05, 3.63) is 41.7 Å². The fourth-order valence-corrected chi connectivity index (χ4v) is 2.50. The number of aromatic nitrogens is 3. The topological polar surface area (TPSA) is 53.6 Å². The molecule has 3 aromatic rings. The van der Waals surface area contributed by atoms with Crippen molar-refractivity contribution in [2.24, 2.45) is 0 Å². The second-order valence-corrected chi connectivity index (χ2v) is 4.80.